The number of aromatic nitrogens is 5. The number of aryl methyl sites for hydroxylation is 2. The lowest BCUT2D eigenvalue weighted by molar-refractivity contribution is 0.288. The van der Waals surface area contributed by atoms with E-state index in [2.05, 4.69) is 38.6 Å². The normalized spacial score (nSPS) is 21.1. The summed E-state index contributed by atoms with van der Waals surface area (Å²) in [6.45, 7) is 8.06. The molecule has 0 N–H and O–H groups in total. The zero-order chi connectivity index (χ0) is 19.4. The number of anilines is 2. The van der Waals surface area contributed by atoms with Gasteiger partial charge in [0, 0.05) is 35.9 Å². The molecule has 0 saturated carbocycles. The molecule has 0 radical (unpaired) electrons. The van der Waals surface area contributed by atoms with Gasteiger partial charge in [0.1, 0.15) is 17.5 Å². The van der Waals surface area contributed by atoms with Crippen LogP contribution in [0.5, 0.6) is 0 Å². The molecule has 6 heterocycles. The molecule has 0 aliphatic carbocycles. The van der Waals surface area contributed by atoms with Gasteiger partial charge in [-0.25, -0.2) is 19.9 Å². The number of piperazine rings is 1. The van der Waals surface area contributed by atoms with Crippen molar-refractivity contribution in [2.24, 2.45) is 0 Å². The molecule has 7 nitrogen and oxygen atoms in total. The second kappa shape index (κ2) is 6.55. The standard InChI is InChI=1S/C20H23N7S/c1-11-12(2)22-20(28-4)25-18(11)26-9-14-7-15(10-26)27(14)19-16-5-6-21-8-17(16)23-13(3)24-19/h5-6,8,14-15H,7,9-10H2,1-4H3. The van der Waals surface area contributed by atoms with Crippen molar-refractivity contribution in [1.29, 1.82) is 0 Å². The number of nitrogens with zero attached hydrogens (tertiary/aromatic N) is 7. The Morgan fingerprint density at radius 2 is 1.79 bits per heavy atom. The van der Waals surface area contributed by atoms with Crippen molar-refractivity contribution in [3.8, 4) is 0 Å². The molecule has 2 bridgehead atoms. The minimum absolute atomic E-state index is 0.441. The van der Waals surface area contributed by atoms with Crippen molar-refractivity contribution in [2.45, 2.75) is 44.4 Å². The van der Waals surface area contributed by atoms with Gasteiger partial charge in [0.05, 0.1) is 23.8 Å². The zero-order valence-corrected chi connectivity index (χ0v) is 17.4. The molecule has 28 heavy (non-hydrogen) atoms. The summed E-state index contributed by atoms with van der Waals surface area (Å²) in [5.41, 5.74) is 3.16. The van der Waals surface area contributed by atoms with Crippen LogP contribution in [0, 0.1) is 20.8 Å². The molecule has 3 saturated heterocycles. The Hall–Kier alpha value is -2.48. The minimum Gasteiger partial charge on any atom is -0.352 e. The Morgan fingerprint density at radius 3 is 2.54 bits per heavy atom. The summed E-state index contributed by atoms with van der Waals surface area (Å²) in [4.78, 5) is 27.9. The van der Waals surface area contributed by atoms with E-state index in [9.17, 15) is 0 Å². The van der Waals surface area contributed by atoms with Crippen molar-refractivity contribution >= 4 is 34.3 Å². The van der Waals surface area contributed by atoms with Crippen LogP contribution in [0.3, 0.4) is 0 Å². The average Bonchev–Trinajstić information content (AvgIpc) is 2.69. The molecular weight excluding hydrogens is 370 g/mol. The summed E-state index contributed by atoms with van der Waals surface area (Å²) >= 11 is 1.60. The topological polar surface area (TPSA) is 70.9 Å². The average molecular weight is 394 g/mol. The zero-order valence-electron chi connectivity index (χ0n) is 16.5. The first-order valence-electron chi connectivity index (χ1n) is 9.56. The third-order valence-corrected chi connectivity index (χ3v) is 6.40. The Bertz CT molecular complexity index is 1060. The number of hydrogen-bond donors (Lipinski definition) is 0. The maximum Gasteiger partial charge on any atom is 0.189 e. The Labute approximate surface area is 168 Å². The molecule has 2 atom stereocenters. The molecule has 2 unspecified atom stereocenters. The summed E-state index contributed by atoms with van der Waals surface area (Å²) in [6, 6.07) is 2.91. The molecule has 8 heteroatoms. The van der Waals surface area contributed by atoms with Crippen LogP contribution in [0.4, 0.5) is 11.6 Å². The first kappa shape index (κ1) is 17.6. The molecule has 0 amide bonds. The van der Waals surface area contributed by atoms with Gasteiger partial charge in [-0.05, 0) is 39.5 Å². The molecule has 3 aliphatic heterocycles. The monoisotopic (exact) mass is 393 g/mol. The van der Waals surface area contributed by atoms with Crippen LogP contribution in [0.1, 0.15) is 23.5 Å². The van der Waals surface area contributed by atoms with E-state index in [1.54, 1.807) is 11.8 Å². The number of fused-ring (bicyclic) bond motifs is 3. The number of rotatable bonds is 3. The third kappa shape index (κ3) is 2.70. The first-order valence-corrected chi connectivity index (χ1v) is 10.8. The highest BCUT2D eigenvalue weighted by Crippen LogP contribution is 2.40. The van der Waals surface area contributed by atoms with Gasteiger partial charge in [0.25, 0.3) is 0 Å². The summed E-state index contributed by atoms with van der Waals surface area (Å²) in [6.07, 6.45) is 6.88. The predicted molar refractivity (Wildman–Crippen MR) is 112 cm³/mol. The van der Waals surface area contributed by atoms with Crippen LogP contribution in [0.25, 0.3) is 10.9 Å². The molecular formula is C20H23N7S. The fraction of sp³-hybridized carbons (Fsp3) is 0.450. The summed E-state index contributed by atoms with van der Waals surface area (Å²) < 4.78 is 0. The highest BCUT2D eigenvalue weighted by Gasteiger charge is 2.46. The first-order chi connectivity index (χ1) is 13.5. The lowest BCUT2D eigenvalue weighted by Crippen LogP contribution is -2.69. The molecule has 6 rings (SSSR count). The van der Waals surface area contributed by atoms with Gasteiger partial charge in [-0.1, -0.05) is 11.8 Å². The fourth-order valence-corrected chi connectivity index (χ4v) is 4.80. The number of piperidine rings is 1. The maximum absolute atomic E-state index is 4.82. The number of hydrogen-bond acceptors (Lipinski definition) is 8. The van der Waals surface area contributed by atoms with Crippen LogP contribution < -0.4 is 9.80 Å². The molecule has 0 aromatic carbocycles. The van der Waals surface area contributed by atoms with E-state index in [1.807, 2.05) is 31.6 Å². The van der Waals surface area contributed by atoms with Gasteiger partial charge in [-0.3, -0.25) is 4.98 Å². The van der Waals surface area contributed by atoms with Crippen LogP contribution in [-0.2, 0) is 0 Å². The van der Waals surface area contributed by atoms with E-state index in [4.69, 9.17) is 9.97 Å². The van der Waals surface area contributed by atoms with Crippen molar-refractivity contribution in [3.63, 3.8) is 0 Å². The second-order valence-corrected chi connectivity index (χ2v) is 8.36. The van der Waals surface area contributed by atoms with Crippen molar-refractivity contribution < 1.29 is 0 Å². The SMILES string of the molecule is CSc1nc(C)c(C)c(N2CC3CC(C2)N3c2nc(C)nc3cnccc23)n1. The van der Waals surface area contributed by atoms with E-state index < -0.39 is 0 Å². The van der Waals surface area contributed by atoms with Gasteiger partial charge in [-0.2, -0.15) is 0 Å². The number of pyridine rings is 1. The Kier molecular flexibility index (Phi) is 4.12. The minimum atomic E-state index is 0.441. The quantitative estimate of drug-likeness (QED) is 0.497. The van der Waals surface area contributed by atoms with E-state index >= 15 is 0 Å². The van der Waals surface area contributed by atoms with E-state index in [1.165, 1.54) is 12.0 Å². The van der Waals surface area contributed by atoms with Crippen molar-refractivity contribution in [3.05, 3.63) is 35.5 Å². The molecule has 144 valence electrons. The van der Waals surface area contributed by atoms with Crippen LogP contribution in [0.2, 0.25) is 0 Å². The number of thioether (sulfide) groups is 1. The molecule has 3 aromatic rings. The highest BCUT2D eigenvalue weighted by molar-refractivity contribution is 7.98. The van der Waals surface area contributed by atoms with Gasteiger partial charge in [-0.15, -0.1) is 0 Å². The molecule has 3 aliphatic rings. The Morgan fingerprint density at radius 1 is 1.00 bits per heavy atom. The largest absolute Gasteiger partial charge is 0.352 e. The van der Waals surface area contributed by atoms with Crippen molar-refractivity contribution in [1.82, 2.24) is 24.9 Å². The molecule has 3 fully saturated rings. The van der Waals surface area contributed by atoms with Crippen LogP contribution in [0.15, 0.2) is 23.6 Å². The summed E-state index contributed by atoms with van der Waals surface area (Å²) in [5.74, 6) is 2.93. The van der Waals surface area contributed by atoms with Gasteiger partial charge in [0.15, 0.2) is 5.16 Å². The predicted octanol–water partition coefficient (Wildman–Crippen LogP) is 2.93. The van der Waals surface area contributed by atoms with Gasteiger partial charge >= 0.3 is 0 Å². The molecule has 3 aromatic heterocycles. The van der Waals surface area contributed by atoms with Crippen molar-refractivity contribution in [2.75, 3.05) is 29.1 Å². The second-order valence-electron chi connectivity index (χ2n) is 7.59. The van der Waals surface area contributed by atoms with E-state index in [-0.39, 0.29) is 0 Å². The van der Waals surface area contributed by atoms with Crippen LogP contribution in [-0.4, -0.2) is 56.3 Å². The van der Waals surface area contributed by atoms with Gasteiger partial charge < -0.3 is 9.80 Å². The maximum atomic E-state index is 4.82. The van der Waals surface area contributed by atoms with E-state index in [0.29, 0.717) is 12.1 Å². The Balaban J connectivity index is 1.47. The van der Waals surface area contributed by atoms with E-state index in [0.717, 1.165) is 52.3 Å². The fourth-order valence-electron chi connectivity index (χ4n) is 4.39. The third-order valence-electron chi connectivity index (χ3n) is 5.85. The highest BCUT2D eigenvalue weighted by atomic mass is 32.2. The summed E-state index contributed by atoms with van der Waals surface area (Å²) in [5, 5.41) is 1.93. The van der Waals surface area contributed by atoms with Gasteiger partial charge in [0.2, 0.25) is 0 Å². The lowest BCUT2D eigenvalue weighted by Gasteiger charge is -2.57. The summed E-state index contributed by atoms with van der Waals surface area (Å²) in [7, 11) is 0. The smallest absolute Gasteiger partial charge is 0.189 e. The lowest BCUT2D eigenvalue weighted by atomic mass is 9.86. The van der Waals surface area contributed by atoms with Crippen LogP contribution >= 0.6 is 11.8 Å². The molecule has 0 spiro atoms.